The molecule has 0 amide bonds. The van der Waals surface area contributed by atoms with Crippen molar-refractivity contribution in [3.8, 4) is 17.2 Å². The Labute approximate surface area is 113 Å². The second-order valence-electron chi connectivity index (χ2n) is 5.17. The monoisotopic (exact) mass is 264 g/mol. The molecule has 2 heterocycles. The second kappa shape index (κ2) is 5.27. The molecule has 3 rings (SSSR count). The molecule has 0 unspecified atom stereocenters. The van der Waals surface area contributed by atoms with Gasteiger partial charge in [0.25, 0.3) is 0 Å². The lowest BCUT2D eigenvalue weighted by Gasteiger charge is -2.33. The van der Waals surface area contributed by atoms with Crippen LogP contribution in [0.1, 0.15) is 5.56 Å². The molecule has 104 valence electrons. The zero-order valence-electron chi connectivity index (χ0n) is 11.3. The summed E-state index contributed by atoms with van der Waals surface area (Å²) in [5, 5.41) is 10.1. The Morgan fingerprint density at radius 3 is 2.63 bits per heavy atom. The fourth-order valence-electron chi connectivity index (χ4n) is 2.55. The minimum atomic E-state index is 0.295. The van der Waals surface area contributed by atoms with Gasteiger partial charge in [0.2, 0.25) is 0 Å². The normalized spacial score (nSPS) is 20.5. The first-order valence-electron chi connectivity index (χ1n) is 6.75. The molecule has 1 aromatic carbocycles. The summed E-state index contributed by atoms with van der Waals surface area (Å²) < 4.78 is 11.2. The fraction of sp³-hybridized carbons (Fsp3) is 0.571. The molecular weight excluding hydrogens is 244 g/mol. The van der Waals surface area contributed by atoms with E-state index >= 15 is 0 Å². The largest absolute Gasteiger partial charge is 0.507 e. The predicted molar refractivity (Wildman–Crippen MR) is 71.9 cm³/mol. The Bertz CT molecular complexity index is 456. The van der Waals surface area contributed by atoms with Crippen LogP contribution in [0.3, 0.4) is 0 Å². The molecule has 0 radical (unpaired) electrons. The summed E-state index contributed by atoms with van der Waals surface area (Å²) in [5.74, 6) is 1.75. The van der Waals surface area contributed by atoms with Gasteiger partial charge in [-0.3, -0.25) is 4.90 Å². The fourth-order valence-corrected chi connectivity index (χ4v) is 2.55. The van der Waals surface area contributed by atoms with E-state index < -0.39 is 0 Å². The molecule has 5 nitrogen and oxygen atoms in total. The standard InChI is InChI=1S/C14H20N2O3/c1-15-4-6-16(7-5-15)10-11-12(17)2-3-13-14(11)19-9-8-18-13/h2-3,17H,4-10H2,1H3. The maximum absolute atomic E-state index is 10.1. The highest BCUT2D eigenvalue weighted by molar-refractivity contribution is 5.54. The summed E-state index contributed by atoms with van der Waals surface area (Å²) >= 11 is 0. The van der Waals surface area contributed by atoms with Crippen molar-refractivity contribution >= 4 is 0 Å². The third-order valence-corrected chi connectivity index (χ3v) is 3.76. The molecular formula is C14H20N2O3. The van der Waals surface area contributed by atoms with Crippen LogP contribution in [-0.4, -0.2) is 61.3 Å². The number of phenolic OH excluding ortho intramolecular Hbond substituents is 1. The van der Waals surface area contributed by atoms with Gasteiger partial charge in [-0.05, 0) is 19.2 Å². The van der Waals surface area contributed by atoms with Crippen LogP contribution in [0.15, 0.2) is 12.1 Å². The van der Waals surface area contributed by atoms with E-state index in [9.17, 15) is 5.11 Å². The summed E-state index contributed by atoms with van der Waals surface area (Å²) in [7, 11) is 2.14. The van der Waals surface area contributed by atoms with Crippen molar-refractivity contribution in [3.63, 3.8) is 0 Å². The van der Waals surface area contributed by atoms with Crippen molar-refractivity contribution in [2.75, 3.05) is 46.4 Å². The van der Waals surface area contributed by atoms with Crippen molar-refractivity contribution in [1.82, 2.24) is 9.80 Å². The number of benzene rings is 1. The van der Waals surface area contributed by atoms with E-state index in [1.54, 1.807) is 12.1 Å². The summed E-state index contributed by atoms with van der Waals surface area (Å²) in [6, 6.07) is 3.47. The predicted octanol–water partition coefficient (Wildman–Crippen LogP) is 0.911. The highest BCUT2D eigenvalue weighted by Gasteiger charge is 2.22. The quantitative estimate of drug-likeness (QED) is 0.860. The third kappa shape index (κ3) is 2.62. The van der Waals surface area contributed by atoms with Crippen LogP contribution in [0.2, 0.25) is 0 Å². The first kappa shape index (κ1) is 12.6. The van der Waals surface area contributed by atoms with E-state index in [4.69, 9.17) is 9.47 Å². The average molecular weight is 264 g/mol. The lowest BCUT2D eigenvalue weighted by atomic mass is 10.1. The van der Waals surface area contributed by atoms with Crippen LogP contribution < -0.4 is 9.47 Å². The van der Waals surface area contributed by atoms with Gasteiger partial charge in [0.1, 0.15) is 19.0 Å². The van der Waals surface area contributed by atoms with E-state index in [0.717, 1.165) is 37.5 Å². The zero-order valence-corrected chi connectivity index (χ0v) is 11.3. The lowest BCUT2D eigenvalue weighted by Crippen LogP contribution is -2.44. The molecule has 0 aromatic heterocycles. The lowest BCUT2D eigenvalue weighted by molar-refractivity contribution is 0.139. The number of ether oxygens (including phenoxy) is 2. The number of rotatable bonds is 2. The third-order valence-electron chi connectivity index (χ3n) is 3.76. The van der Waals surface area contributed by atoms with Gasteiger partial charge in [-0.1, -0.05) is 0 Å². The number of nitrogens with zero attached hydrogens (tertiary/aromatic N) is 2. The Kier molecular flexibility index (Phi) is 3.48. The molecule has 0 aliphatic carbocycles. The highest BCUT2D eigenvalue weighted by atomic mass is 16.6. The molecule has 1 saturated heterocycles. The van der Waals surface area contributed by atoms with Gasteiger partial charge in [-0.2, -0.15) is 0 Å². The van der Waals surface area contributed by atoms with Crippen molar-refractivity contribution < 1.29 is 14.6 Å². The minimum absolute atomic E-state index is 0.295. The first-order valence-corrected chi connectivity index (χ1v) is 6.75. The van der Waals surface area contributed by atoms with Gasteiger partial charge in [0.05, 0.1) is 5.56 Å². The van der Waals surface area contributed by atoms with Crippen molar-refractivity contribution in [2.24, 2.45) is 0 Å². The van der Waals surface area contributed by atoms with E-state index in [-0.39, 0.29) is 0 Å². The Morgan fingerprint density at radius 2 is 1.84 bits per heavy atom. The van der Waals surface area contributed by atoms with E-state index in [0.29, 0.717) is 31.3 Å². The summed E-state index contributed by atoms with van der Waals surface area (Å²) in [6.07, 6.45) is 0. The van der Waals surface area contributed by atoms with Crippen LogP contribution in [0.4, 0.5) is 0 Å². The Morgan fingerprint density at radius 1 is 1.11 bits per heavy atom. The maximum Gasteiger partial charge on any atom is 0.169 e. The second-order valence-corrected chi connectivity index (χ2v) is 5.17. The van der Waals surface area contributed by atoms with E-state index in [1.165, 1.54) is 0 Å². The van der Waals surface area contributed by atoms with E-state index in [2.05, 4.69) is 16.8 Å². The Balaban J connectivity index is 1.80. The topological polar surface area (TPSA) is 45.2 Å². The van der Waals surface area contributed by atoms with Crippen molar-refractivity contribution in [2.45, 2.75) is 6.54 Å². The van der Waals surface area contributed by atoms with Crippen LogP contribution >= 0.6 is 0 Å². The number of piperazine rings is 1. The molecule has 1 fully saturated rings. The highest BCUT2D eigenvalue weighted by Crippen LogP contribution is 2.39. The summed E-state index contributed by atoms with van der Waals surface area (Å²) in [5.41, 5.74) is 0.849. The molecule has 0 atom stereocenters. The summed E-state index contributed by atoms with van der Waals surface area (Å²) in [6.45, 7) is 5.99. The van der Waals surface area contributed by atoms with Gasteiger partial charge in [0.15, 0.2) is 11.5 Å². The number of hydrogen-bond donors (Lipinski definition) is 1. The molecule has 1 aromatic rings. The minimum Gasteiger partial charge on any atom is -0.507 e. The molecule has 1 N–H and O–H groups in total. The number of hydrogen-bond acceptors (Lipinski definition) is 5. The van der Waals surface area contributed by atoms with Gasteiger partial charge >= 0.3 is 0 Å². The van der Waals surface area contributed by atoms with Crippen LogP contribution in [0.25, 0.3) is 0 Å². The first-order chi connectivity index (χ1) is 9.24. The number of aromatic hydroxyl groups is 1. The zero-order chi connectivity index (χ0) is 13.2. The molecule has 5 heteroatoms. The maximum atomic E-state index is 10.1. The molecule has 2 aliphatic heterocycles. The smallest absolute Gasteiger partial charge is 0.169 e. The average Bonchev–Trinajstić information content (AvgIpc) is 2.44. The van der Waals surface area contributed by atoms with Gasteiger partial charge < -0.3 is 19.5 Å². The molecule has 0 saturated carbocycles. The summed E-state index contributed by atoms with van der Waals surface area (Å²) in [4.78, 5) is 4.66. The molecule has 2 aliphatic rings. The van der Waals surface area contributed by atoms with Gasteiger partial charge in [-0.25, -0.2) is 0 Å². The SMILES string of the molecule is CN1CCN(Cc2c(O)ccc3c2OCCO3)CC1. The van der Waals surface area contributed by atoms with Gasteiger partial charge in [0, 0.05) is 32.7 Å². The number of likely N-dealkylation sites (N-methyl/N-ethyl adjacent to an activating group) is 1. The number of phenols is 1. The van der Waals surface area contributed by atoms with Crippen LogP contribution in [0.5, 0.6) is 17.2 Å². The number of fused-ring (bicyclic) bond motifs is 1. The van der Waals surface area contributed by atoms with Crippen molar-refractivity contribution in [3.05, 3.63) is 17.7 Å². The Hall–Kier alpha value is -1.46. The molecule has 19 heavy (non-hydrogen) atoms. The molecule has 0 spiro atoms. The van der Waals surface area contributed by atoms with Crippen LogP contribution in [0, 0.1) is 0 Å². The van der Waals surface area contributed by atoms with Crippen molar-refractivity contribution in [1.29, 1.82) is 0 Å². The van der Waals surface area contributed by atoms with Gasteiger partial charge in [-0.15, -0.1) is 0 Å². The van der Waals surface area contributed by atoms with E-state index in [1.807, 2.05) is 0 Å². The van der Waals surface area contributed by atoms with Crippen LogP contribution in [-0.2, 0) is 6.54 Å². The molecule has 0 bridgehead atoms.